The van der Waals surface area contributed by atoms with E-state index in [2.05, 4.69) is 10.7 Å². The lowest BCUT2D eigenvalue weighted by Crippen LogP contribution is -2.56. The number of hydrogen-bond donors (Lipinski definition) is 2. The summed E-state index contributed by atoms with van der Waals surface area (Å²) in [6.45, 7) is 1.31. The highest BCUT2D eigenvalue weighted by molar-refractivity contribution is 6.31. The normalized spacial score (nSPS) is 14.8. The Morgan fingerprint density at radius 3 is 2.50 bits per heavy atom. The summed E-state index contributed by atoms with van der Waals surface area (Å²) in [6, 6.07) is 13.1. The van der Waals surface area contributed by atoms with Crippen LogP contribution in [0.2, 0.25) is 10.0 Å². The van der Waals surface area contributed by atoms with Crippen molar-refractivity contribution in [3.05, 3.63) is 63.6 Å². The summed E-state index contributed by atoms with van der Waals surface area (Å²) < 4.78 is 0. The van der Waals surface area contributed by atoms with E-state index in [0.29, 0.717) is 23.1 Å². The molecule has 0 spiro atoms. The number of amides is 2. The summed E-state index contributed by atoms with van der Waals surface area (Å²) in [4.78, 5) is 11.8. The van der Waals surface area contributed by atoms with Crippen LogP contribution in [0, 0.1) is 0 Å². The third-order valence-corrected chi connectivity index (χ3v) is 4.08. The Bertz CT molecular complexity index is 688. The monoisotopic (exact) mass is 335 g/mol. The van der Waals surface area contributed by atoms with Crippen molar-refractivity contribution in [1.29, 1.82) is 0 Å². The number of hydrazine groups is 1. The third-order valence-electron chi connectivity index (χ3n) is 3.48. The van der Waals surface area contributed by atoms with E-state index in [0.717, 1.165) is 23.2 Å². The first-order valence-electron chi connectivity index (χ1n) is 6.98. The van der Waals surface area contributed by atoms with Gasteiger partial charge in [0.1, 0.15) is 0 Å². The maximum Gasteiger partial charge on any atom is 0.336 e. The average Bonchev–Trinajstić information content (AvgIpc) is 2.52. The van der Waals surface area contributed by atoms with Gasteiger partial charge in [-0.05, 0) is 41.8 Å². The molecule has 22 heavy (non-hydrogen) atoms. The standard InChI is InChI=1S/C16H15Cl2N3O/c17-13-4-1-11(2-5-13)9-12-3-6-14(10-15(12)18)21-16(22)19-7-8-20-21/h1-6,10,20H,7-9H2,(H,19,22). The molecule has 2 N–H and O–H groups in total. The predicted molar refractivity (Wildman–Crippen MR) is 89.6 cm³/mol. The highest BCUT2D eigenvalue weighted by atomic mass is 35.5. The van der Waals surface area contributed by atoms with Crippen molar-refractivity contribution in [1.82, 2.24) is 10.7 Å². The lowest BCUT2D eigenvalue weighted by molar-refractivity contribution is 0.239. The number of rotatable bonds is 3. The van der Waals surface area contributed by atoms with Crippen LogP contribution in [0.4, 0.5) is 10.5 Å². The number of benzene rings is 2. The van der Waals surface area contributed by atoms with Gasteiger partial charge in [-0.1, -0.05) is 41.4 Å². The molecule has 0 saturated carbocycles. The summed E-state index contributed by atoms with van der Waals surface area (Å²) in [7, 11) is 0. The lowest BCUT2D eigenvalue weighted by Gasteiger charge is -2.28. The topological polar surface area (TPSA) is 44.4 Å². The van der Waals surface area contributed by atoms with E-state index in [1.807, 2.05) is 36.4 Å². The number of anilines is 1. The number of nitrogens with zero attached hydrogens (tertiary/aromatic N) is 1. The van der Waals surface area contributed by atoms with Crippen molar-refractivity contribution in [3.8, 4) is 0 Å². The van der Waals surface area contributed by atoms with Crippen molar-refractivity contribution in [2.45, 2.75) is 6.42 Å². The average molecular weight is 336 g/mol. The van der Waals surface area contributed by atoms with Gasteiger partial charge in [-0.3, -0.25) is 0 Å². The van der Waals surface area contributed by atoms with Crippen LogP contribution in [0.1, 0.15) is 11.1 Å². The van der Waals surface area contributed by atoms with Gasteiger partial charge in [0.25, 0.3) is 0 Å². The fourth-order valence-electron chi connectivity index (χ4n) is 2.34. The van der Waals surface area contributed by atoms with E-state index in [-0.39, 0.29) is 6.03 Å². The van der Waals surface area contributed by atoms with Crippen LogP contribution < -0.4 is 15.8 Å². The summed E-state index contributed by atoms with van der Waals surface area (Å²) >= 11 is 12.3. The van der Waals surface area contributed by atoms with Crippen LogP contribution in [-0.4, -0.2) is 19.1 Å². The summed E-state index contributed by atoms with van der Waals surface area (Å²) in [5.41, 5.74) is 5.90. The minimum absolute atomic E-state index is 0.173. The van der Waals surface area contributed by atoms with Gasteiger partial charge >= 0.3 is 6.03 Å². The van der Waals surface area contributed by atoms with Crippen LogP contribution in [-0.2, 0) is 6.42 Å². The first-order valence-corrected chi connectivity index (χ1v) is 7.73. The Morgan fingerprint density at radius 1 is 1.05 bits per heavy atom. The van der Waals surface area contributed by atoms with E-state index >= 15 is 0 Å². The molecule has 0 unspecified atom stereocenters. The van der Waals surface area contributed by atoms with Crippen LogP contribution in [0.15, 0.2) is 42.5 Å². The molecule has 2 amide bonds. The highest BCUT2D eigenvalue weighted by Crippen LogP contribution is 2.26. The molecule has 1 heterocycles. The van der Waals surface area contributed by atoms with Crippen LogP contribution in [0.5, 0.6) is 0 Å². The molecule has 1 fully saturated rings. The van der Waals surface area contributed by atoms with Crippen molar-refractivity contribution in [3.63, 3.8) is 0 Å². The second-order valence-corrected chi connectivity index (χ2v) is 5.90. The molecule has 0 aliphatic carbocycles. The molecule has 1 saturated heterocycles. The molecule has 1 aliphatic rings. The van der Waals surface area contributed by atoms with Gasteiger partial charge in [-0.2, -0.15) is 0 Å². The number of nitrogens with one attached hydrogen (secondary N) is 2. The molecule has 6 heteroatoms. The Balaban J connectivity index is 1.79. The molecule has 1 aliphatic heterocycles. The minimum atomic E-state index is -0.173. The first kappa shape index (κ1) is 15.2. The Kier molecular flexibility index (Phi) is 4.52. The number of carbonyl (C=O) groups is 1. The molecule has 2 aromatic carbocycles. The molecule has 0 radical (unpaired) electrons. The van der Waals surface area contributed by atoms with Gasteiger partial charge in [-0.15, -0.1) is 0 Å². The zero-order valence-electron chi connectivity index (χ0n) is 11.8. The number of carbonyl (C=O) groups excluding carboxylic acids is 1. The lowest BCUT2D eigenvalue weighted by atomic mass is 10.0. The smallest absolute Gasteiger partial charge is 0.335 e. The van der Waals surface area contributed by atoms with Crippen molar-refractivity contribution >= 4 is 34.9 Å². The van der Waals surface area contributed by atoms with Crippen molar-refractivity contribution in [2.24, 2.45) is 0 Å². The van der Waals surface area contributed by atoms with Crippen molar-refractivity contribution < 1.29 is 4.79 Å². The molecule has 4 nitrogen and oxygen atoms in total. The number of halogens is 2. The fourth-order valence-corrected chi connectivity index (χ4v) is 2.70. The van der Waals surface area contributed by atoms with E-state index in [9.17, 15) is 4.79 Å². The first-order chi connectivity index (χ1) is 10.6. The summed E-state index contributed by atoms with van der Waals surface area (Å²) in [6.07, 6.45) is 0.718. The van der Waals surface area contributed by atoms with Crippen LogP contribution >= 0.6 is 23.2 Å². The number of hydrogen-bond acceptors (Lipinski definition) is 2. The van der Waals surface area contributed by atoms with E-state index in [1.165, 1.54) is 5.01 Å². The third kappa shape index (κ3) is 3.35. The summed E-state index contributed by atoms with van der Waals surface area (Å²) in [5.74, 6) is 0. The zero-order chi connectivity index (χ0) is 15.5. The van der Waals surface area contributed by atoms with E-state index in [4.69, 9.17) is 23.2 Å². The molecular formula is C16H15Cl2N3O. The zero-order valence-corrected chi connectivity index (χ0v) is 13.3. The highest BCUT2D eigenvalue weighted by Gasteiger charge is 2.19. The predicted octanol–water partition coefficient (Wildman–Crippen LogP) is 3.62. The SMILES string of the molecule is O=C1NCCNN1c1ccc(Cc2ccc(Cl)cc2)c(Cl)c1. The molecular weight excluding hydrogens is 321 g/mol. The fraction of sp³-hybridized carbons (Fsp3) is 0.188. The molecule has 2 aromatic rings. The van der Waals surface area contributed by atoms with Crippen molar-refractivity contribution in [2.75, 3.05) is 18.1 Å². The van der Waals surface area contributed by atoms with Gasteiger partial charge in [-0.25, -0.2) is 15.2 Å². The molecule has 0 atom stereocenters. The van der Waals surface area contributed by atoms with Gasteiger partial charge in [0.15, 0.2) is 0 Å². The number of urea groups is 1. The Labute approximate surface area is 139 Å². The van der Waals surface area contributed by atoms with E-state index in [1.54, 1.807) is 6.07 Å². The maximum absolute atomic E-state index is 11.8. The molecule has 3 rings (SSSR count). The maximum atomic E-state index is 11.8. The molecule has 114 valence electrons. The minimum Gasteiger partial charge on any atom is -0.335 e. The van der Waals surface area contributed by atoms with Gasteiger partial charge in [0.2, 0.25) is 0 Å². The molecule has 0 bridgehead atoms. The summed E-state index contributed by atoms with van der Waals surface area (Å²) in [5, 5.41) is 5.60. The molecule has 0 aromatic heterocycles. The van der Waals surface area contributed by atoms with Crippen LogP contribution in [0.25, 0.3) is 0 Å². The van der Waals surface area contributed by atoms with E-state index < -0.39 is 0 Å². The second kappa shape index (κ2) is 6.57. The van der Waals surface area contributed by atoms with Gasteiger partial charge < -0.3 is 5.32 Å². The Morgan fingerprint density at radius 2 is 1.82 bits per heavy atom. The van der Waals surface area contributed by atoms with Gasteiger partial charge in [0, 0.05) is 23.1 Å². The quantitative estimate of drug-likeness (QED) is 0.899. The second-order valence-electron chi connectivity index (χ2n) is 5.05. The largest absolute Gasteiger partial charge is 0.336 e. The Hall–Kier alpha value is -1.75. The van der Waals surface area contributed by atoms with Crippen LogP contribution in [0.3, 0.4) is 0 Å². The van der Waals surface area contributed by atoms with Gasteiger partial charge in [0.05, 0.1) is 5.69 Å².